The first-order chi connectivity index (χ1) is 11.5. The second-order valence-electron chi connectivity index (χ2n) is 5.99. The third-order valence-electron chi connectivity index (χ3n) is 4.22. The van der Waals surface area contributed by atoms with Crippen LogP contribution in [0.5, 0.6) is 0 Å². The van der Waals surface area contributed by atoms with Crippen molar-refractivity contribution in [3.63, 3.8) is 0 Å². The van der Waals surface area contributed by atoms with Crippen molar-refractivity contribution in [2.24, 2.45) is 7.05 Å². The van der Waals surface area contributed by atoms with E-state index in [0.717, 1.165) is 25.9 Å². The molecule has 1 saturated heterocycles. The summed E-state index contributed by atoms with van der Waals surface area (Å²) in [6.07, 6.45) is 3.25. The van der Waals surface area contributed by atoms with E-state index in [1.165, 1.54) is 6.42 Å². The van der Waals surface area contributed by atoms with Gasteiger partial charge in [0.15, 0.2) is 0 Å². The first-order valence-electron chi connectivity index (χ1n) is 8.13. The molecule has 2 aromatic rings. The summed E-state index contributed by atoms with van der Waals surface area (Å²) in [5.41, 5.74) is 0.956. The largest absolute Gasteiger partial charge is 0.339 e. The van der Waals surface area contributed by atoms with Gasteiger partial charge in [0.05, 0.1) is 0 Å². The average Bonchev–Trinajstić information content (AvgIpc) is 2.92. The second kappa shape index (κ2) is 6.82. The fourth-order valence-electron chi connectivity index (χ4n) is 2.76. The Morgan fingerprint density at radius 1 is 1.12 bits per heavy atom. The highest BCUT2D eigenvalue weighted by Gasteiger charge is 2.19. The second-order valence-corrected chi connectivity index (χ2v) is 5.99. The molecule has 7 nitrogen and oxygen atoms in total. The van der Waals surface area contributed by atoms with Crippen LogP contribution in [0.15, 0.2) is 24.3 Å². The lowest BCUT2D eigenvalue weighted by atomic mass is 10.1. The Kier molecular flexibility index (Phi) is 4.59. The Morgan fingerprint density at radius 3 is 2.50 bits per heavy atom. The highest BCUT2D eigenvalue weighted by atomic mass is 16.2. The van der Waals surface area contributed by atoms with Gasteiger partial charge in [-0.05, 0) is 44.4 Å². The predicted molar refractivity (Wildman–Crippen MR) is 89.9 cm³/mol. The first-order valence-corrected chi connectivity index (χ1v) is 8.13. The van der Waals surface area contributed by atoms with Crippen LogP contribution in [0, 0.1) is 6.92 Å². The summed E-state index contributed by atoms with van der Waals surface area (Å²) >= 11 is 0. The van der Waals surface area contributed by atoms with Gasteiger partial charge < -0.3 is 4.90 Å². The molecule has 0 spiro atoms. The molecule has 1 fully saturated rings. The zero-order valence-corrected chi connectivity index (χ0v) is 14.0. The van der Waals surface area contributed by atoms with Gasteiger partial charge in [0.1, 0.15) is 5.82 Å². The lowest BCUT2D eigenvalue weighted by Gasteiger charge is -2.26. The number of amides is 2. The van der Waals surface area contributed by atoms with E-state index in [0.29, 0.717) is 17.0 Å². The molecule has 2 amide bonds. The minimum atomic E-state index is -0.325. The molecule has 2 heterocycles. The molecular weight excluding hydrogens is 306 g/mol. The monoisotopic (exact) mass is 327 g/mol. The zero-order valence-electron chi connectivity index (χ0n) is 14.0. The van der Waals surface area contributed by atoms with E-state index >= 15 is 0 Å². The number of nitrogens with one attached hydrogen (secondary N) is 1. The topological polar surface area (TPSA) is 80.1 Å². The van der Waals surface area contributed by atoms with Crippen molar-refractivity contribution in [2.45, 2.75) is 26.2 Å². The minimum Gasteiger partial charge on any atom is -0.339 e. The Labute approximate surface area is 140 Å². The summed E-state index contributed by atoms with van der Waals surface area (Å²) in [5, 5.41) is 6.76. The molecule has 3 rings (SSSR count). The van der Waals surface area contributed by atoms with Crippen LogP contribution in [0.1, 0.15) is 45.8 Å². The number of nitrogens with zero attached hydrogens (tertiary/aromatic N) is 4. The number of carbonyl (C=O) groups excluding carboxylic acids is 2. The van der Waals surface area contributed by atoms with Gasteiger partial charge in [-0.15, -0.1) is 5.10 Å². The maximum absolute atomic E-state index is 12.5. The number of benzene rings is 1. The fraction of sp³-hybridized carbons (Fsp3) is 0.412. The van der Waals surface area contributed by atoms with Crippen molar-refractivity contribution >= 4 is 17.8 Å². The van der Waals surface area contributed by atoms with Gasteiger partial charge in [-0.2, -0.15) is 4.98 Å². The first kappa shape index (κ1) is 16.2. The maximum atomic E-state index is 12.5. The average molecular weight is 327 g/mol. The van der Waals surface area contributed by atoms with Gasteiger partial charge in [-0.25, -0.2) is 0 Å². The number of aromatic nitrogens is 3. The summed E-state index contributed by atoms with van der Waals surface area (Å²) in [4.78, 5) is 30.9. The number of aryl methyl sites for hydroxylation is 2. The molecule has 1 aliphatic heterocycles. The molecule has 1 aromatic heterocycles. The number of anilines is 1. The summed E-state index contributed by atoms with van der Waals surface area (Å²) in [6.45, 7) is 3.37. The van der Waals surface area contributed by atoms with E-state index in [4.69, 9.17) is 0 Å². The van der Waals surface area contributed by atoms with Crippen molar-refractivity contribution in [1.29, 1.82) is 0 Å². The molecule has 0 radical (unpaired) electrons. The van der Waals surface area contributed by atoms with Gasteiger partial charge in [0.25, 0.3) is 11.8 Å². The van der Waals surface area contributed by atoms with Gasteiger partial charge in [0, 0.05) is 31.3 Å². The molecule has 0 atom stereocenters. The van der Waals surface area contributed by atoms with Gasteiger partial charge in [-0.3, -0.25) is 19.6 Å². The number of piperidine rings is 1. The third-order valence-corrected chi connectivity index (χ3v) is 4.22. The maximum Gasteiger partial charge on any atom is 0.258 e. The zero-order chi connectivity index (χ0) is 17.1. The van der Waals surface area contributed by atoms with Crippen molar-refractivity contribution < 1.29 is 9.59 Å². The van der Waals surface area contributed by atoms with Crippen molar-refractivity contribution in [3.8, 4) is 0 Å². The molecule has 1 N–H and O–H groups in total. The van der Waals surface area contributed by atoms with Crippen molar-refractivity contribution in [1.82, 2.24) is 19.7 Å². The van der Waals surface area contributed by atoms with Gasteiger partial charge >= 0.3 is 0 Å². The fourth-order valence-corrected chi connectivity index (χ4v) is 2.76. The SMILES string of the molecule is Cc1nc(NC(=O)c2cccc(C(=O)N3CCCCC3)c2)nn1C. The number of hydrogen-bond acceptors (Lipinski definition) is 4. The standard InChI is InChI=1S/C17H21N5O2/c1-12-18-17(20-21(12)2)19-15(23)13-7-6-8-14(11-13)16(24)22-9-4-3-5-10-22/h6-8,11H,3-5,9-10H2,1-2H3,(H,19,20,23). The van der Waals surface area contributed by atoms with Gasteiger partial charge in [-0.1, -0.05) is 6.07 Å². The van der Waals surface area contributed by atoms with Crippen LogP contribution in [0.25, 0.3) is 0 Å². The predicted octanol–water partition coefficient (Wildman–Crippen LogP) is 2.00. The van der Waals surface area contributed by atoms with Crippen LogP contribution in [-0.4, -0.2) is 44.6 Å². The Morgan fingerprint density at radius 2 is 1.83 bits per heavy atom. The van der Waals surface area contributed by atoms with Crippen LogP contribution in [0.4, 0.5) is 5.95 Å². The summed E-state index contributed by atoms with van der Waals surface area (Å²) < 4.78 is 1.59. The molecule has 0 aliphatic carbocycles. The summed E-state index contributed by atoms with van der Waals surface area (Å²) in [5.74, 6) is 0.622. The number of carbonyl (C=O) groups is 2. The molecule has 1 aliphatic rings. The third kappa shape index (κ3) is 3.45. The number of likely N-dealkylation sites (tertiary alicyclic amines) is 1. The summed E-state index contributed by atoms with van der Waals surface area (Å²) in [6, 6.07) is 6.78. The van der Waals surface area contributed by atoms with E-state index in [-0.39, 0.29) is 17.8 Å². The van der Waals surface area contributed by atoms with E-state index < -0.39 is 0 Å². The molecule has 24 heavy (non-hydrogen) atoms. The Bertz CT molecular complexity index is 743. The number of rotatable bonds is 3. The van der Waals surface area contributed by atoms with Crippen LogP contribution < -0.4 is 5.32 Å². The van der Waals surface area contributed by atoms with E-state index in [9.17, 15) is 9.59 Å². The van der Waals surface area contributed by atoms with E-state index in [1.54, 1.807) is 42.9 Å². The minimum absolute atomic E-state index is 0.0174. The molecule has 7 heteroatoms. The smallest absolute Gasteiger partial charge is 0.258 e. The molecule has 0 saturated carbocycles. The molecular formula is C17H21N5O2. The quantitative estimate of drug-likeness (QED) is 0.935. The Hall–Kier alpha value is -2.70. The van der Waals surface area contributed by atoms with Gasteiger partial charge in [0.2, 0.25) is 5.95 Å². The highest BCUT2D eigenvalue weighted by molar-refractivity contribution is 6.05. The lowest BCUT2D eigenvalue weighted by molar-refractivity contribution is 0.0724. The van der Waals surface area contributed by atoms with Crippen LogP contribution in [0.3, 0.4) is 0 Å². The Balaban J connectivity index is 1.74. The molecule has 0 bridgehead atoms. The van der Waals surface area contributed by atoms with E-state index in [1.807, 2.05) is 4.90 Å². The van der Waals surface area contributed by atoms with E-state index in [2.05, 4.69) is 15.4 Å². The summed E-state index contributed by atoms with van der Waals surface area (Å²) in [7, 11) is 1.76. The van der Waals surface area contributed by atoms with Crippen LogP contribution in [0.2, 0.25) is 0 Å². The van der Waals surface area contributed by atoms with Crippen molar-refractivity contribution in [2.75, 3.05) is 18.4 Å². The van der Waals surface area contributed by atoms with Crippen LogP contribution in [-0.2, 0) is 7.05 Å². The number of hydrogen-bond donors (Lipinski definition) is 1. The normalized spacial score (nSPS) is 14.5. The molecule has 0 unspecified atom stereocenters. The lowest BCUT2D eigenvalue weighted by Crippen LogP contribution is -2.35. The van der Waals surface area contributed by atoms with Crippen LogP contribution >= 0.6 is 0 Å². The molecule has 1 aromatic carbocycles. The highest BCUT2D eigenvalue weighted by Crippen LogP contribution is 2.15. The molecule has 126 valence electrons. The van der Waals surface area contributed by atoms with Crippen molar-refractivity contribution in [3.05, 3.63) is 41.2 Å².